The fraction of sp³-hybridized carbons (Fsp3) is 0.348. The van der Waals surface area contributed by atoms with Crippen molar-refractivity contribution in [3.63, 3.8) is 0 Å². The second-order valence-corrected chi connectivity index (χ2v) is 8.19. The number of allylic oxidation sites excluding steroid dienone is 2. The molecule has 1 saturated heterocycles. The fourth-order valence-electron chi connectivity index (χ4n) is 3.44. The molecule has 6 nitrogen and oxygen atoms in total. The van der Waals surface area contributed by atoms with Gasteiger partial charge in [0.05, 0.1) is 10.6 Å². The topological polar surface area (TPSA) is 73.9 Å². The van der Waals surface area contributed by atoms with Crippen LogP contribution in [0.1, 0.15) is 41.5 Å². The number of aromatic nitrogens is 1. The van der Waals surface area contributed by atoms with Crippen LogP contribution in [0.15, 0.2) is 29.3 Å². The van der Waals surface area contributed by atoms with E-state index < -0.39 is 0 Å². The molecule has 0 amide bonds. The molecular weight excluding hydrogens is 394 g/mol. The van der Waals surface area contributed by atoms with Crippen molar-refractivity contribution >= 4 is 40.0 Å². The highest BCUT2D eigenvalue weighted by Crippen LogP contribution is 2.33. The molecule has 7 heteroatoms. The standard InChI is InChI=1S/C23H27N5OS/c1-5-16(14-24-3)17-6-7-19(21(29)12-17)20(25-4)13-22-15(2)27-23(30-22)28-18-8-10-26-11-9-18/h4-7,12-14,18,26H,8-11H2,1-3H3,(H-,27,28,29)/p+1/b16-5+,20-13-,24-14?. The Balaban J connectivity index is 1.86. The molecule has 30 heavy (non-hydrogen) atoms. The average molecular weight is 423 g/mol. The number of thiazole rings is 1. The Morgan fingerprint density at radius 2 is 2.17 bits per heavy atom. The molecular formula is C23H28N5OS+. The maximum Gasteiger partial charge on any atom is 0.352 e. The van der Waals surface area contributed by atoms with Crippen molar-refractivity contribution < 1.29 is 5.11 Å². The summed E-state index contributed by atoms with van der Waals surface area (Å²) < 4.78 is 0. The molecule has 0 spiro atoms. The smallest absolute Gasteiger partial charge is 0.352 e. The normalized spacial score (nSPS) is 16.1. The van der Waals surface area contributed by atoms with E-state index in [0.29, 0.717) is 17.3 Å². The second-order valence-electron chi connectivity index (χ2n) is 7.16. The lowest BCUT2D eigenvalue weighted by molar-refractivity contribution is 0.473. The van der Waals surface area contributed by atoms with Crippen LogP contribution < -0.4 is 10.6 Å². The molecule has 0 unspecified atom stereocenters. The Labute approximate surface area is 181 Å². The number of phenolic OH excluding ortho intramolecular Hbond substituents is 1. The number of anilines is 1. The minimum absolute atomic E-state index is 0.118. The van der Waals surface area contributed by atoms with Crippen LogP contribution in [-0.2, 0) is 0 Å². The number of hydrogen-bond donors (Lipinski definition) is 3. The van der Waals surface area contributed by atoms with Crippen molar-refractivity contribution in [3.05, 3.63) is 50.8 Å². The average Bonchev–Trinajstić information content (AvgIpc) is 3.09. The van der Waals surface area contributed by atoms with Gasteiger partial charge in [-0.3, -0.25) is 4.99 Å². The van der Waals surface area contributed by atoms with E-state index in [-0.39, 0.29) is 5.75 Å². The Morgan fingerprint density at radius 1 is 1.40 bits per heavy atom. The Bertz CT molecular complexity index is 1020. The summed E-state index contributed by atoms with van der Waals surface area (Å²) in [6.45, 7) is 11.6. The van der Waals surface area contributed by atoms with Gasteiger partial charge in [-0.25, -0.2) is 4.98 Å². The maximum absolute atomic E-state index is 10.6. The highest BCUT2D eigenvalue weighted by molar-refractivity contribution is 7.16. The molecule has 0 aliphatic carbocycles. The summed E-state index contributed by atoms with van der Waals surface area (Å²) in [5, 5.41) is 18.4. The van der Waals surface area contributed by atoms with Crippen LogP contribution >= 0.6 is 11.3 Å². The minimum atomic E-state index is 0.118. The molecule has 3 rings (SSSR count). The van der Waals surface area contributed by atoms with E-state index in [9.17, 15) is 5.11 Å². The van der Waals surface area contributed by atoms with Gasteiger partial charge in [-0.2, -0.15) is 0 Å². The van der Waals surface area contributed by atoms with Crippen LogP contribution in [0.3, 0.4) is 0 Å². The van der Waals surface area contributed by atoms with Crippen LogP contribution in [0.5, 0.6) is 5.75 Å². The highest BCUT2D eigenvalue weighted by atomic mass is 32.1. The van der Waals surface area contributed by atoms with Crippen molar-refractivity contribution in [2.24, 2.45) is 4.99 Å². The maximum atomic E-state index is 10.6. The van der Waals surface area contributed by atoms with Crippen LogP contribution in [0.2, 0.25) is 0 Å². The van der Waals surface area contributed by atoms with E-state index in [1.54, 1.807) is 30.7 Å². The van der Waals surface area contributed by atoms with E-state index in [0.717, 1.165) is 52.8 Å². The summed E-state index contributed by atoms with van der Waals surface area (Å²) in [4.78, 5) is 13.6. The Morgan fingerprint density at radius 3 is 2.80 bits per heavy atom. The highest BCUT2D eigenvalue weighted by Gasteiger charge is 2.20. The van der Waals surface area contributed by atoms with Gasteiger partial charge in [0.1, 0.15) is 11.3 Å². The van der Waals surface area contributed by atoms with Gasteiger partial charge in [0, 0.05) is 25.4 Å². The van der Waals surface area contributed by atoms with Gasteiger partial charge in [-0.15, -0.1) is 0 Å². The number of aromatic hydroxyl groups is 1. The lowest BCUT2D eigenvalue weighted by atomic mass is 10.0. The zero-order valence-corrected chi connectivity index (χ0v) is 18.5. The zero-order valence-electron chi connectivity index (χ0n) is 17.6. The SMILES string of the molecule is C#[N+]/C(=C\c1sc(NC2CCNCC2)nc1C)c1ccc(/C(C=NC)=C/C)cc1O. The minimum Gasteiger partial charge on any atom is -0.507 e. The van der Waals surface area contributed by atoms with Crippen LogP contribution in [0.4, 0.5) is 5.13 Å². The summed E-state index contributed by atoms with van der Waals surface area (Å²) in [5.41, 5.74) is 3.80. The third-order valence-electron chi connectivity index (χ3n) is 5.09. The zero-order chi connectivity index (χ0) is 21.5. The monoisotopic (exact) mass is 422 g/mol. The number of aryl methyl sites for hydroxylation is 1. The van der Waals surface area contributed by atoms with Crippen molar-refractivity contribution in [2.75, 3.05) is 25.5 Å². The van der Waals surface area contributed by atoms with Crippen LogP contribution in [-0.4, -0.2) is 42.5 Å². The summed E-state index contributed by atoms with van der Waals surface area (Å²) in [7, 11) is 1.72. The lowest BCUT2D eigenvalue weighted by Gasteiger charge is -2.23. The molecule has 3 N–H and O–H groups in total. The quantitative estimate of drug-likeness (QED) is 0.580. The van der Waals surface area contributed by atoms with E-state index in [1.165, 1.54) is 0 Å². The number of rotatable bonds is 6. The first-order valence-electron chi connectivity index (χ1n) is 10.0. The van der Waals surface area contributed by atoms with Crippen LogP contribution in [0.25, 0.3) is 22.2 Å². The number of hydrogen-bond acceptors (Lipinski definition) is 6. The number of aliphatic imine (C=N–C) groups is 1. The summed E-state index contributed by atoms with van der Waals surface area (Å²) in [6, 6.07) is 5.89. The summed E-state index contributed by atoms with van der Waals surface area (Å²) in [5.74, 6) is 0.118. The van der Waals surface area contributed by atoms with Crippen molar-refractivity contribution in [3.8, 4) is 12.3 Å². The fourth-order valence-corrected chi connectivity index (χ4v) is 4.42. The molecule has 1 aromatic carbocycles. The van der Waals surface area contributed by atoms with Crippen LogP contribution in [0, 0.1) is 13.5 Å². The largest absolute Gasteiger partial charge is 0.507 e. The first-order chi connectivity index (χ1) is 14.5. The lowest BCUT2D eigenvalue weighted by Crippen LogP contribution is -2.35. The molecule has 0 saturated carbocycles. The molecule has 2 aromatic rings. The molecule has 156 valence electrons. The summed E-state index contributed by atoms with van der Waals surface area (Å²) >= 11 is 1.57. The van der Waals surface area contributed by atoms with E-state index >= 15 is 0 Å². The first kappa shape index (κ1) is 21.8. The summed E-state index contributed by atoms with van der Waals surface area (Å²) in [6.07, 6.45) is 7.76. The molecule has 1 aromatic heterocycles. The molecule has 0 atom stereocenters. The van der Waals surface area contributed by atoms with E-state index in [2.05, 4.69) is 25.5 Å². The number of nitrogens with one attached hydrogen (secondary N) is 2. The number of piperidine rings is 1. The van der Waals surface area contributed by atoms with Gasteiger partial charge < -0.3 is 15.7 Å². The number of benzene rings is 1. The van der Waals surface area contributed by atoms with E-state index in [1.807, 2.05) is 38.1 Å². The molecule has 1 aliphatic rings. The third kappa shape index (κ3) is 5.15. The van der Waals surface area contributed by atoms with E-state index in [4.69, 9.17) is 6.57 Å². The molecule has 2 heterocycles. The van der Waals surface area contributed by atoms with Crippen molar-refractivity contribution in [2.45, 2.75) is 32.7 Å². The van der Waals surface area contributed by atoms with Gasteiger partial charge in [-0.05, 0) is 67.9 Å². The predicted molar refractivity (Wildman–Crippen MR) is 129 cm³/mol. The molecule has 0 bridgehead atoms. The van der Waals surface area contributed by atoms with Gasteiger partial charge in [-0.1, -0.05) is 23.5 Å². The molecule has 0 radical (unpaired) electrons. The Kier molecular flexibility index (Phi) is 7.39. The Hall–Kier alpha value is -2.95. The molecule has 1 aliphatic heterocycles. The number of phenols is 1. The first-order valence-corrected chi connectivity index (χ1v) is 10.9. The van der Waals surface area contributed by atoms with Gasteiger partial charge in [0.15, 0.2) is 5.13 Å². The van der Waals surface area contributed by atoms with Gasteiger partial charge >= 0.3 is 5.70 Å². The van der Waals surface area contributed by atoms with Gasteiger partial charge in [0.2, 0.25) is 0 Å². The van der Waals surface area contributed by atoms with Crippen molar-refractivity contribution in [1.29, 1.82) is 0 Å². The second kappa shape index (κ2) is 10.2. The third-order valence-corrected chi connectivity index (χ3v) is 6.13. The molecule has 1 fully saturated rings. The van der Waals surface area contributed by atoms with Gasteiger partial charge in [0.25, 0.3) is 6.57 Å². The van der Waals surface area contributed by atoms with Crippen molar-refractivity contribution in [1.82, 2.24) is 10.3 Å². The predicted octanol–water partition coefficient (Wildman–Crippen LogP) is 4.89. The number of nitrogens with zero attached hydrogens (tertiary/aromatic N) is 3.